The molecule has 10 heteroatoms. The predicted molar refractivity (Wildman–Crippen MR) is 259 cm³/mol. The number of rotatable bonds is 18. The van der Waals surface area contributed by atoms with Crippen molar-refractivity contribution in [2.75, 3.05) is 27.2 Å². The van der Waals surface area contributed by atoms with Gasteiger partial charge in [0.15, 0.2) is 0 Å². The van der Waals surface area contributed by atoms with E-state index in [0.29, 0.717) is 10.7 Å². The molecule has 0 saturated heterocycles. The Labute approximate surface area is 397 Å². The minimum absolute atomic E-state index is 0.00243. The minimum atomic E-state index is -0.0166. The van der Waals surface area contributed by atoms with Crippen molar-refractivity contribution in [1.82, 2.24) is 0 Å². The second-order valence-corrected chi connectivity index (χ2v) is 19.4. The SMILES string of the molecule is CCCCCC1c2cc3c4cc2OCOc2cc5c(cc21)C(CCCCC)c1cc2c(c(CBr)c1OCO5)OCOc1c(cc(c(c1CBr)OCO4)C3CCCCC)C2CCCCC. The van der Waals surface area contributed by atoms with Crippen molar-refractivity contribution in [3.8, 4) is 46.0 Å². The molecule has 0 radical (unpaired) electrons. The molecule has 2 atom stereocenters. The first kappa shape index (κ1) is 45.4. The van der Waals surface area contributed by atoms with Crippen LogP contribution in [0.15, 0.2) is 36.4 Å². The highest BCUT2D eigenvalue weighted by molar-refractivity contribution is 9.08. The van der Waals surface area contributed by atoms with Crippen molar-refractivity contribution >= 4 is 31.9 Å². The Bertz CT molecular complexity index is 2140. The highest BCUT2D eigenvalue weighted by atomic mass is 79.9. The normalized spacial score (nSPS) is 19.7. The molecule has 2 unspecified atom stereocenters. The Morgan fingerprint density at radius 3 is 0.891 bits per heavy atom. The largest absolute Gasteiger partial charge is 0.457 e. The number of ether oxygens (including phenoxy) is 8. The van der Waals surface area contributed by atoms with Crippen LogP contribution in [-0.2, 0) is 10.7 Å². The van der Waals surface area contributed by atoms with E-state index < -0.39 is 0 Å². The molecule has 8 bridgehead atoms. The van der Waals surface area contributed by atoms with E-state index in [1.807, 2.05) is 0 Å². The Kier molecular flexibility index (Phi) is 14.8. The average Bonchev–Trinajstić information content (AvgIpc) is 3.28. The van der Waals surface area contributed by atoms with Crippen LogP contribution in [0, 0.1) is 0 Å². The fourth-order valence-corrected chi connectivity index (χ4v) is 12.2. The minimum Gasteiger partial charge on any atom is -0.457 e. The molecule has 8 nitrogen and oxygen atoms in total. The van der Waals surface area contributed by atoms with Gasteiger partial charge in [0, 0.05) is 102 Å². The van der Waals surface area contributed by atoms with Crippen molar-refractivity contribution < 1.29 is 37.9 Å². The van der Waals surface area contributed by atoms with Crippen molar-refractivity contribution in [1.29, 1.82) is 0 Å². The lowest BCUT2D eigenvalue weighted by Crippen LogP contribution is -2.24. The third-order valence-electron chi connectivity index (χ3n) is 14.4. The van der Waals surface area contributed by atoms with Gasteiger partial charge < -0.3 is 37.9 Å². The van der Waals surface area contributed by atoms with Gasteiger partial charge in [0.1, 0.15) is 46.0 Å². The molecule has 4 aliphatic heterocycles. The molecule has 0 amide bonds. The van der Waals surface area contributed by atoms with Crippen LogP contribution in [0.4, 0.5) is 0 Å². The smallest absolute Gasteiger partial charge is 0.230 e. The summed E-state index contributed by atoms with van der Waals surface area (Å²) >= 11 is 7.93. The molecule has 5 aliphatic rings. The zero-order chi connectivity index (χ0) is 44.2. The molecule has 0 aromatic heterocycles. The molecule has 64 heavy (non-hydrogen) atoms. The van der Waals surface area contributed by atoms with Crippen molar-refractivity contribution in [3.05, 3.63) is 92.0 Å². The average molecular weight is 1000 g/mol. The molecule has 4 aromatic carbocycles. The van der Waals surface area contributed by atoms with E-state index in [-0.39, 0.29) is 50.8 Å². The number of hydrogen-bond donors (Lipinski definition) is 0. The van der Waals surface area contributed by atoms with E-state index in [2.05, 4.69) is 96.0 Å². The molecule has 0 spiro atoms. The molecule has 344 valence electrons. The van der Waals surface area contributed by atoms with Gasteiger partial charge in [0.25, 0.3) is 0 Å². The predicted octanol–water partition coefficient (Wildman–Crippen LogP) is 15.6. The van der Waals surface area contributed by atoms with Gasteiger partial charge in [0.2, 0.25) is 27.2 Å². The van der Waals surface area contributed by atoms with Crippen molar-refractivity contribution in [2.45, 2.75) is 165 Å². The standard InChI is InChI=1S/C54H66Br2O8/c1-5-9-13-17-33-37-21-39-34(18-14-10-6-2)41-23-43-36(20-16-12-8-4)44-24-42-35(19-15-11-7-3)40-22-38(33)48-26-50(40)60-31-62-52(42)46(28-56)54(44)64-32-63-53(43)45(27-55)51(41)61-30-59-49(39)25-47(37)57-29-58-48/h21-26,33-36H,5-20,27-32H2,1-4H3. The van der Waals surface area contributed by atoms with Gasteiger partial charge in [-0.15, -0.1) is 0 Å². The quantitative estimate of drug-likeness (QED) is 0.0721. The van der Waals surface area contributed by atoms with Crippen LogP contribution in [-0.4, -0.2) is 27.2 Å². The lowest BCUT2D eigenvalue weighted by atomic mass is 9.75. The molecular weight excluding hydrogens is 936 g/mol. The first-order valence-corrected chi connectivity index (χ1v) is 26.7. The number of unbranched alkanes of at least 4 members (excludes halogenated alkanes) is 8. The van der Waals surface area contributed by atoms with E-state index in [4.69, 9.17) is 37.9 Å². The van der Waals surface area contributed by atoms with Gasteiger partial charge >= 0.3 is 0 Å². The first-order valence-electron chi connectivity index (χ1n) is 24.4. The topological polar surface area (TPSA) is 73.8 Å². The fourth-order valence-electron chi connectivity index (χ4n) is 11.2. The lowest BCUT2D eigenvalue weighted by Gasteiger charge is -2.36. The van der Waals surface area contributed by atoms with E-state index >= 15 is 0 Å². The molecular formula is C54H66Br2O8. The zero-order valence-electron chi connectivity index (χ0n) is 38.4. The summed E-state index contributed by atoms with van der Waals surface area (Å²) in [5.74, 6) is 6.61. The molecule has 1 aliphatic carbocycles. The Morgan fingerprint density at radius 2 is 0.594 bits per heavy atom. The summed E-state index contributed by atoms with van der Waals surface area (Å²) in [4.78, 5) is 0. The van der Waals surface area contributed by atoms with Gasteiger partial charge in [0.05, 0.1) is 0 Å². The van der Waals surface area contributed by atoms with E-state index in [1.165, 1.54) is 44.5 Å². The molecule has 4 aromatic rings. The zero-order valence-corrected chi connectivity index (χ0v) is 41.5. The molecule has 0 saturated carbocycles. The van der Waals surface area contributed by atoms with Gasteiger partial charge in [-0.3, -0.25) is 0 Å². The monoisotopic (exact) mass is 1000 g/mol. The number of halogens is 2. The maximum absolute atomic E-state index is 6.86. The highest BCUT2D eigenvalue weighted by Gasteiger charge is 2.39. The summed E-state index contributed by atoms with van der Waals surface area (Å²) in [6, 6.07) is 14.1. The van der Waals surface area contributed by atoms with Gasteiger partial charge in [-0.2, -0.15) is 0 Å². The highest BCUT2D eigenvalue weighted by Crippen LogP contribution is 2.57. The van der Waals surface area contributed by atoms with Crippen LogP contribution in [0.1, 0.15) is 210 Å². The molecule has 0 fully saturated rings. The summed E-state index contributed by atoms with van der Waals surface area (Å²) in [6.45, 7) is 9.37. The Balaban J connectivity index is 1.43. The first-order chi connectivity index (χ1) is 31.5. The third kappa shape index (κ3) is 8.68. The van der Waals surface area contributed by atoms with E-state index in [1.54, 1.807) is 0 Å². The van der Waals surface area contributed by atoms with Crippen LogP contribution in [0.25, 0.3) is 0 Å². The van der Waals surface area contributed by atoms with Crippen molar-refractivity contribution in [3.63, 3.8) is 0 Å². The van der Waals surface area contributed by atoms with Crippen LogP contribution < -0.4 is 37.9 Å². The van der Waals surface area contributed by atoms with Crippen LogP contribution in [0.5, 0.6) is 46.0 Å². The second kappa shape index (κ2) is 20.8. The van der Waals surface area contributed by atoms with Crippen LogP contribution >= 0.6 is 31.9 Å². The van der Waals surface area contributed by atoms with Gasteiger partial charge in [-0.1, -0.05) is 137 Å². The summed E-state index contributed by atoms with van der Waals surface area (Å²) in [7, 11) is 0. The van der Waals surface area contributed by atoms with Gasteiger partial charge in [-0.25, -0.2) is 0 Å². The molecule has 9 rings (SSSR count). The van der Waals surface area contributed by atoms with Crippen LogP contribution in [0.3, 0.4) is 0 Å². The number of hydrogen-bond acceptors (Lipinski definition) is 8. The fraction of sp³-hybridized carbons (Fsp3) is 0.556. The van der Waals surface area contributed by atoms with Crippen LogP contribution in [0.2, 0.25) is 0 Å². The molecule has 0 N–H and O–H groups in total. The van der Waals surface area contributed by atoms with Crippen molar-refractivity contribution in [2.24, 2.45) is 0 Å². The van der Waals surface area contributed by atoms with E-state index in [0.717, 1.165) is 160 Å². The summed E-state index contributed by atoms with van der Waals surface area (Å²) in [5, 5.41) is 1.12. The lowest BCUT2D eigenvalue weighted by molar-refractivity contribution is 0.0968. The Hall–Kier alpha value is -3.76. The summed E-state index contributed by atoms with van der Waals surface area (Å²) in [6.07, 6.45) is 17.2. The maximum Gasteiger partial charge on any atom is 0.230 e. The number of alkyl halides is 2. The number of benzene rings is 4. The van der Waals surface area contributed by atoms with Gasteiger partial charge in [-0.05, 0) is 49.9 Å². The molecule has 4 heterocycles. The summed E-state index contributed by atoms with van der Waals surface area (Å²) in [5.41, 5.74) is 11.6. The Morgan fingerprint density at radius 1 is 0.344 bits per heavy atom. The third-order valence-corrected chi connectivity index (χ3v) is 15.5. The second-order valence-electron chi connectivity index (χ2n) is 18.3. The maximum atomic E-state index is 6.86. The van der Waals surface area contributed by atoms with E-state index in [9.17, 15) is 0 Å². The summed E-state index contributed by atoms with van der Waals surface area (Å²) < 4.78 is 54.0.